The SMILES string of the molecule is COc1cc(CNC2CC2)ccc1OCc1ccc(F)cc1. The van der Waals surface area contributed by atoms with Gasteiger partial charge in [0.2, 0.25) is 0 Å². The van der Waals surface area contributed by atoms with Gasteiger partial charge in [-0.25, -0.2) is 4.39 Å². The molecule has 2 aromatic carbocycles. The van der Waals surface area contributed by atoms with E-state index in [0.717, 1.165) is 17.9 Å². The Balaban J connectivity index is 1.62. The van der Waals surface area contributed by atoms with Crippen molar-refractivity contribution in [3.8, 4) is 11.5 Å². The second-order valence-corrected chi connectivity index (χ2v) is 5.56. The fourth-order valence-corrected chi connectivity index (χ4v) is 2.23. The summed E-state index contributed by atoms with van der Waals surface area (Å²) in [6.45, 7) is 1.23. The first-order valence-electron chi connectivity index (χ1n) is 7.52. The fraction of sp³-hybridized carbons (Fsp3) is 0.333. The monoisotopic (exact) mass is 301 g/mol. The normalized spacial score (nSPS) is 13.9. The van der Waals surface area contributed by atoms with Gasteiger partial charge in [0, 0.05) is 12.6 Å². The van der Waals surface area contributed by atoms with Crippen LogP contribution in [-0.4, -0.2) is 13.2 Å². The highest BCUT2D eigenvalue weighted by molar-refractivity contribution is 5.43. The summed E-state index contributed by atoms with van der Waals surface area (Å²) in [6.07, 6.45) is 2.55. The van der Waals surface area contributed by atoms with Crippen LogP contribution in [0.25, 0.3) is 0 Å². The third-order valence-electron chi connectivity index (χ3n) is 3.71. The van der Waals surface area contributed by atoms with Gasteiger partial charge in [-0.3, -0.25) is 0 Å². The van der Waals surface area contributed by atoms with Crippen molar-refractivity contribution in [2.75, 3.05) is 7.11 Å². The number of nitrogens with one attached hydrogen (secondary N) is 1. The number of rotatable bonds is 7. The Morgan fingerprint density at radius 1 is 1.05 bits per heavy atom. The van der Waals surface area contributed by atoms with E-state index in [1.165, 1.54) is 30.5 Å². The molecular weight excluding hydrogens is 281 g/mol. The smallest absolute Gasteiger partial charge is 0.161 e. The van der Waals surface area contributed by atoms with E-state index in [4.69, 9.17) is 9.47 Å². The van der Waals surface area contributed by atoms with Crippen molar-refractivity contribution in [1.82, 2.24) is 5.32 Å². The summed E-state index contributed by atoms with van der Waals surface area (Å²) in [5, 5.41) is 3.47. The van der Waals surface area contributed by atoms with Crippen LogP contribution in [0.3, 0.4) is 0 Å². The molecule has 1 fully saturated rings. The number of halogens is 1. The van der Waals surface area contributed by atoms with E-state index in [1.807, 2.05) is 18.2 Å². The predicted octanol–water partition coefficient (Wildman–Crippen LogP) is 3.67. The molecule has 0 unspecified atom stereocenters. The van der Waals surface area contributed by atoms with Crippen LogP contribution in [0.2, 0.25) is 0 Å². The van der Waals surface area contributed by atoms with Crippen molar-refractivity contribution >= 4 is 0 Å². The van der Waals surface area contributed by atoms with Gasteiger partial charge in [-0.05, 0) is 48.2 Å². The Labute approximate surface area is 130 Å². The van der Waals surface area contributed by atoms with Gasteiger partial charge in [0.25, 0.3) is 0 Å². The second kappa shape index (κ2) is 6.79. The molecule has 0 spiro atoms. The van der Waals surface area contributed by atoms with E-state index < -0.39 is 0 Å². The average Bonchev–Trinajstić information content (AvgIpc) is 3.37. The summed E-state index contributed by atoms with van der Waals surface area (Å²) in [4.78, 5) is 0. The molecule has 3 rings (SSSR count). The van der Waals surface area contributed by atoms with Gasteiger partial charge >= 0.3 is 0 Å². The van der Waals surface area contributed by atoms with Gasteiger partial charge in [-0.15, -0.1) is 0 Å². The van der Waals surface area contributed by atoms with Crippen molar-refractivity contribution in [1.29, 1.82) is 0 Å². The summed E-state index contributed by atoms with van der Waals surface area (Å²) in [6, 6.07) is 12.9. The molecule has 116 valence electrons. The van der Waals surface area contributed by atoms with Crippen molar-refractivity contribution in [3.63, 3.8) is 0 Å². The van der Waals surface area contributed by atoms with Gasteiger partial charge in [0.05, 0.1) is 7.11 Å². The first-order valence-corrected chi connectivity index (χ1v) is 7.52. The minimum absolute atomic E-state index is 0.242. The maximum absolute atomic E-state index is 12.9. The lowest BCUT2D eigenvalue weighted by molar-refractivity contribution is 0.284. The average molecular weight is 301 g/mol. The quantitative estimate of drug-likeness (QED) is 0.846. The molecule has 0 saturated heterocycles. The minimum atomic E-state index is -0.242. The van der Waals surface area contributed by atoms with E-state index in [2.05, 4.69) is 5.32 Å². The molecule has 1 N–H and O–H groups in total. The summed E-state index contributed by atoms with van der Waals surface area (Å²) in [5.41, 5.74) is 2.10. The molecule has 22 heavy (non-hydrogen) atoms. The summed E-state index contributed by atoms with van der Waals surface area (Å²) in [7, 11) is 1.64. The first-order chi connectivity index (χ1) is 10.7. The number of methoxy groups -OCH3 is 1. The molecule has 4 heteroatoms. The highest BCUT2D eigenvalue weighted by Crippen LogP contribution is 2.29. The molecule has 0 amide bonds. The molecule has 2 aromatic rings. The van der Waals surface area contributed by atoms with Gasteiger partial charge < -0.3 is 14.8 Å². The van der Waals surface area contributed by atoms with Crippen LogP contribution in [0, 0.1) is 5.82 Å². The lowest BCUT2D eigenvalue weighted by atomic mass is 10.2. The van der Waals surface area contributed by atoms with E-state index in [1.54, 1.807) is 19.2 Å². The van der Waals surface area contributed by atoms with Gasteiger partial charge in [0.15, 0.2) is 11.5 Å². The Morgan fingerprint density at radius 3 is 2.45 bits per heavy atom. The number of hydrogen-bond acceptors (Lipinski definition) is 3. The topological polar surface area (TPSA) is 30.5 Å². The van der Waals surface area contributed by atoms with E-state index >= 15 is 0 Å². The first kappa shape index (κ1) is 14.9. The number of ether oxygens (including phenoxy) is 2. The van der Waals surface area contributed by atoms with Gasteiger partial charge in [-0.1, -0.05) is 18.2 Å². The maximum Gasteiger partial charge on any atom is 0.161 e. The highest BCUT2D eigenvalue weighted by Gasteiger charge is 2.20. The van der Waals surface area contributed by atoms with Crippen molar-refractivity contribution in [3.05, 3.63) is 59.4 Å². The third kappa shape index (κ3) is 3.98. The second-order valence-electron chi connectivity index (χ2n) is 5.56. The van der Waals surface area contributed by atoms with Crippen LogP contribution < -0.4 is 14.8 Å². The Bertz CT molecular complexity index is 623. The molecule has 1 saturated carbocycles. The lowest BCUT2D eigenvalue weighted by Crippen LogP contribution is -2.15. The molecular formula is C18H20FNO2. The van der Waals surface area contributed by atoms with Gasteiger partial charge in [-0.2, -0.15) is 0 Å². The van der Waals surface area contributed by atoms with Crippen LogP contribution in [0.1, 0.15) is 24.0 Å². The van der Waals surface area contributed by atoms with Crippen molar-refractivity contribution in [2.45, 2.75) is 32.0 Å². The predicted molar refractivity (Wildman–Crippen MR) is 83.6 cm³/mol. The fourth-order valence-electron chi connectivity index (χ4n) is 2.23. The lowest BCUT2D eigenvalue weighted by Gasteiger charge is -2.12. The summed E-state index contributed by atoms with van der Waals surface area (Å²) >= 11 is 0. The van der Waals surface area contributed by atoms with Crippen LogP contribution >= 0.6 is 0 Å². The molecule has 0 radical (unpaired) electrons. The molecule has 1 aliphatic carbocycles. The van der Waals surface area contributed by atoms with Gasteiger partial charge in [0.1, 0.15) is 12.4 Å². The molecule has 3 nitrogen and oxygen atoms in total. The molecule has 0 aromatic heterocycles. The largest absolute Gasteiger partial charge is 0.493 e. The zero-order valence-corrected chi connectivity index (χ0v) is 12.6. The number of hydrogen-bond donors (Lipinski definition) is 1. The van der Waals surface area contributed by atoms with Crippen LogP contribution in [0.15, 0.2) is 42.5 Å². The van der Waals surface area contributed by atoms with Crippen LogP contribution in [-0.2, 0) is 13.2 Å². The Morgan fingerprint density at radius 2 is 1.77 bits per heavy atom. The highest BCUT2D eigenvalue weighted by atomic mass is 19.1. The van der Waals surface area contributed by atoms with Crippen LogP contribution in [0.5, 0.6) is 11.5 Å². The Kier molecular flexibility index (Phi) is 4.59. The minimum Gasteiger partial charge on any atom is -0.493 e. The standard InChI is InChI=1S/C18H20FNO2/c1-21-18-10-14(11-20-16-7-8-16)4-9-17(18)22-12-13-2-5-15(19)6-3-13/h2-6,9-10,16,20H,7-8,11-12H2,1H3. The molecule has 0 atom stereocenters. The summed E-state index contributed by atoms with van der Waals surface area (Å²) < 4.78 is 24.1. The maximum atomic E-state index is 12.9. The van der Waals surface area contributed by atoms with E-state index in [-0.39, 0.29) is 5.82 Å². The number of benzene rings is 2. The van der Waals surface area contributed by atoms with Crippen LogP contribution in [0.4, 0.5) is 4.39 Å². The zero-order chi connectivity index (χ0) is 15.4. The molecule has 0 bridgehead atoms. The zero-order valence-electron chi connectivity index (χ0n) is 12.6. The van der Waals surface area contributed by atoms with Crippen molar-refractivity contribution in [2.24, 2.45) is 0 Å². The van der Waals surface area contributed by atoms with Crippen molar-refractivity contribution < 1.29 is 13.9 Å². The molecule has 0 aliphatic heterocycles. The molecule has 0 heterocycles. The Hall–Kier alpha value is -2.07. The summed E-state index contributed by atoms with van der Waals surface area (Å²) in [5.74, 6) is 1.17. The molecule has 1 aliphatic rings. The van der Waals surface area contributed by atoms with E-state index in [0.29, 0.717) is 18.4 Å². The van der Waals surface area contributed by atoms with E-state index in [9.17, 15) is 4.39 Å². The third-order valence-corrected chi connectivity index (χ3v) is 3.71.